The van der Waals surface area contributed by atoms with Crippen molar-refractivity contribution in [2.45, 2.75) is 20.5 Å². The minimum atomic E-state index is -0.642. The molecule has 0 N–H and O–H groups in total. The molecular weight excluding hydrogens is 476 g/mol. The van der Waals surface area contributed by atoms with Gasteiger partial charge >= 0.3 is 5.97 Å². The number of carbonyl (C=O) groups is 1. The number of oxazole rings is 1. The van der Waals surface area contributed by atoms with Crippen molar-refractivity contribution in [3.05, 3.63) is 64.3 Å². The lowest BCUT2D eigenvalue weighted by molar-refractivity contribution is 0.0459. The van der Waals surface area contributed by atoms with Crippen molar-refractivity contribution >= 4 is 17.6 Å². The molecule has 11 heteroatoms. The molecule has 0 aliphatic heterocycles. The Bertz CT molecular complexity index is 1380. The zero-order valence-corrected chi connectivity index (χ0v) is 20.5. The van der Waals surface area contributed by atoms with Crippen LogP contribution in [0, 0.1) is 13.8 Å². The maximum Gasteiger partial charge on any atom is 0.361 e. The molecule has 0 atom stereocenters. The van der Waals surface area contributed by atoms with E-state index in [-0.39, 0.29) is 12.3 Å². The number of aromatic nitrogens is 4. The summed E-state index contributed by atoms with van der Waals surface area (Å²) in [7, 11) is 4.62. The number of benzene rings is 2. The number of carbonyl (C=O) groups excluding carboxylic acids is 1. The van der Waals surface area contributed by atoms with Crippen LogP contribution in [-0.2, 0) is 11.3 Å². The highest BCUT2D eigenvalue weighted by molar-refractivity contribution is 6.32. The van der Waals surface area contributed by atoms with Gasteiger partial charge in [-0.3, -0.25) is 0 Å². The summed E-state index contributed by atoms with van der Waals surface area (Å²) in [6.07, 6.45) is 0. The SMILES string of the molecule is COc1ccc(-n2nnc(C(=O)OCc3nc(-c4cccc(OC)c4OC)oc3C)c2C)cc1Cl. The summed E-state index contributed by atoms with van der Waals surface area (Å²) in [5.74, 6) is 1.75. The molecule has 10 nitrogen and oxygen atoms in total. The highest BCUT2D eigenvalue weighted by atomic mass is 35.5. The monoisotopic (exact) mass is 498 g/mol. The molecule has 2 aromatic heterocycles. The second-order valence-electron chi connectivity index (χ2n) is 7.39. The number of rotatable bonds is 8. The van der Waals surface area contributed by atoms with Crippen LogP contribution >= 0.6 is 11.6 Å². The molecule has 0 bridgehead atoms. The number of methoxy groups -OCH3 is 3. The van der Waals surface area contributed by atoms with E-state index < -0.39 is 5.97 Å². The third kappa shape index (κ3) is 4.65. The number of para-hydroxylation sites is 1. The molecular formula is C24H23ClN4O6. The van der Waals surface area contributed by atoms with E-state index in [1.807, 2.05) is 0 Å². The van der Waals surface area contributed by atoms with Gasteiger partial charge in [-0.25, -0.2) is 14.5 Å². The normalized spacial score (nSPS) is 10.8. The lowest BCUT2D eigenvalue weighted by atomic mass is 10.2. The second-order valence-corrected chi connectivity index (χ2v) is 7.80. The van der Waals surface area contributed by atoms with Gasteiger partial charge in [-0.1, -0.05) is 22.9 Å². The molecule has 0 unspecified atom stereocenters. The molecule has 0 fully saturated rings. The van der Waals surface area contributed by atoms with Gasteiger partial charge in [-0.15, -0.1) is 5.10 Å². The first-order valence-corrected chi connectivity index (χ1v) is 10.9. The van der Waals surface area contributed by atoms with E-state index in [4.69, 9.17) is 35.0 Å². The highest BCUT2D eigenvalue weighted by Gasteiger charge is 2.22. The summed E-state index contributed by atoms with van der Waals surface area (Å²) in [4.78, 5) is 17.2. The number of esters is 1. The van der Waals surface area contributed by atoms with Crippen LogP contribution in [0.2, 0.25) is 5.02 Å². The summed E-state index contributed by atoms with van der Waals surface area (Å²) >= 11 is 6.21. The summed E-state index contributed by atoms with van der Waals surface area (Å²) < 4.78 is 28.7. The highest BCUT2D eigenvalue weighted by Crippen LogP contribution is 2.38. The van der Waals surface area contributed by atoms with Crippen molar-refractivity contribution < 1.29 is 28.2 Å². The maximum absolute atomic E-state index is 12.7. The lowest BCUT2D eigenvalue weighted by Crippen LogP contribution is -2.09. The zero-order valence-electron chi connectivity index (χ0n) is 19.8. The lowest BCUT2D eigenvalue weighted by Gasteiger charge is -2.09. The fourth-order valence-electron chi connectivity index (χ4n) is 3.49. The number of nitrogens with zero attached hydrogens (tertiary/aromatic N) is 4. The van der Waals surface area contributed by atoms with Crippen LogP contribution in [0.3, 0.4) is 0 Å². The summed E-state index contributed by atoms with van der Waals surface area (Å²) in [6, 6.07) is 10.5. The Balaban J connectivity index is 1.52. The summed E-state index contributed by atoms with van der Waals surface area (Å²) in [5, 5.41) is 8.46. The average molecular weight is 499 g/mol. The van der Waals surface area contributed by atoms with E-state index >= 15 is 0 Å². The fraction of sp³-hybridized carbons (Fsp3) is 0.250. The van der Waals surface area contributed by atoms with E-state index in [1.54, 1.807) is 57.4 Å². The average Bonchev–Trinajstić information content (AvgIpc) is 3.43. The first-order valence-electron chi connectivity index (χ1n) is 10.5. The number of ether oxygens (including phenoxy) is 4. The predicted octanol–water partition coefficient (Wildman–Crippen LogP) is 4.58. The fourth-order valence-corrected chi connectivity index (χ4v) is 3.74. The minimum Gasteiger partial charge on any atom is -0.495 e. The van der Waals surface area contributed by atoms with Gasteiger partial charge in [0.25, 0.3) is 0 Å². The topological polar surface area (TPSA) is 111 Å². The second kappa shape index (κ2) is 10.1. The smallest absolute Gasteiger partial charge is 0.361 e. The molecule has 0 spiro atoms. The van der Waals surface area contributed by atoms with Gasteiger partial charge in [0.15, 0.2) is 17.2 Å². The maximum atomic E-state index is 12.7. The molecule has 2 heterocycles. The van der Waals surface area contributed by atoms with E-state index in [2.05, 4.69) is 15.3 Å². The van der Waals surface area contributed by atoms with E-state index in [0.717, 1.165) is 0 Å². The van der Waals surface area contributed by atoms with Crippen LogP contribution in [0.1, 0.15) is 27.6 Å². The van der Waals surface area contributed by atoms with Crippen LogP contribution < -0.4 is 14.2 Å². The first-order chi connectivity index (χ1) is 16.9. The molecule has 35 heavy (non-hydrogen) atoms. The molecule has 0 saturated heterocycles. The Morgan fingerprint density at radius 1 is 1.06 bits per heavy atom. The Morgan fingerprint density at radius 3 is 2.51 bits per heavy atom. The largest absolute Gasteiger partial charge is 0.495 e. The quantitative estimate of drug-likeness (QED) is 0.322. The Morgan fingerprint density at radius 2 is 1.83 bits per heavy atom. The molecule has 0 aliphatic carbocycles. The van der Waals surface area contributed by atoms with Crippen LogP contribution in [0.25, 0.3) is 17.1 Å². The number of aryl methyl sites for hydroxylation is 1. The molecule has 4 aromatic rings. The van der Waals surface area contributed by atoms with Crippen molar-refractivity contribution in [2.75, 3.05) is 21.3 Å². The van der Waals surface area contributed by atoms with Crippen molar-refractivity contribution in [1.29, 1.82) is 0 Å². The third-order valence-corrected chi connectivity index (χ3v) is 5.63. The molecule has 0 saturated carbocycles. The Labute approximate surface area is 206 Å². The third-order valence-electron chi connectivity index (χ3n) is 5.33. The number of hydrogen-bond donors (Lipinski definition) is 0. The van der Waals surface area contributed by atoms with Crippen LogP contribution in [-0.4, -0.2) is 47.3 Å². The Hall–Kier alpha value is -4.05. The standard InChI is InChI=1S/C24H23ClN4O6/c1-13-21(27-28-29(13)15-9-10-19(31-3)17(25)11-15)24(30)34-12-18-14(2)35-23(26-18)16-7-6-8-20(32-4)22(16)33-5/h6-11H,12H2,1-5H3. The van der Waals surface area contributed by atoms with Gasteiger partial charge in [0.2, 0.25) is 5.89 Å². The van der Waals surface area contributed by atoms with E-state index in [1.165, 1.54) is 18.9 Å². The van der Waals surface area contributed by atoms with Gasteiger partial charge in [-0.2, -0.15) is 0 Å². The number of halogens is 1. The first kappa shape index (κ1) is 24.1. The summed E-state index contributed by atoms with van der Waals surface area (Å²) in [6.45, 7) is 3.34. The van der Waals surface area contributed by atoms with Crippen molar-refractivity contribution in [1.82, 2.24) is 20.0 Å². The summed E-state index contributed by atoms with van der Waals surface area (Å²) in [5.41, 5.74) is 2.28. The van der Waals surface area contributed by atoms with E-state index in [9.17, 15) is 4.79 Å². The van der Waals surface area contributed by atoms with Gasteiger partial charge in [-0.05, 0) is 44.2 Å². The molecule has 4 rings (SSSR count). The van der Waals surface area contributed by atoms with Gasteiger partial charge in [0.1, 0.15) is 23.8 Å². The van der Waals surface area contributed by atoms with Crippen LogP contribution in [0.15, 0.2) is 40.8 Å². The minimum absolute atomic E-state index is 0.0766. The van der Waals surface area contributed by atoms with Crippen molar-refractivity contribution in [3.63, 3.8) is 0 Å². The number of hydrogen-bond acceptors (Lipinski definition) is 9. The Kier molecular flexibility index (Phi) is 6.92. The van der Waals surface area contributed by atoms with Gasteiger partial charge in [0.05, 0.1) is 43.3 Å². The van der Waals surface area contributed by atoms with Crippen molar-refractivity contribution in [3.8, 4) is 34.4 Å². The molecule has 2 aromatic carbocycles. The van der Waals surface area contributed by atoms with Gasteiger partial charge < -0.3 is 23.4 Å². The molecule has 0 amide bonds. The molecule has 182 valence electrons. The predicted molar refractivity (Wildman–Crippen MR) is 127 cm³/mol. The van der Waals surface area contributed by atoms with Crippen molar-refractivity contribution in [2.24, 2.45) is 0 Å². The van der Waals surface area contributed by atoms with Crippen LogP contribution in [0.4, 0.5) is 0 Å². The van der Waals surface area contributed by atoms with E-state index in [0.29, 0.717) is 56.6 Å². The zero-order chi connectivity index (χ0) is 25.1. The molecule has 0 radical (unpaired) electrons. The van der Waals surface area contributed by atoms with Gasteiger partial charge in [0, 0.05) is 0 Å². The molecule has 0 aliphatic rings. The van der Waals surface area contributed by atoms with Crippen LogP contribution in [0.5, 0.6) is 17.2 Å².